The number of anilines is 2. The third-order valence-corrected chi connectivity index (χ3v) is 18.4. The van der Waals surface area contributed by atoms with Crippen molar-refractivity contribution in [3.8, 4) is 0 Å². The number of benzene rings is 4. The molecule has 4 aliphatic rings. The Morgan fingerprint density at radius 1 is 0.797 bits per heavy atom. The molecule has 4 aromatic rings. The smallest absolute Gasteiger partial charge is 0.380 e. The van der Waals surface area contributed by atoms with Crippen molar-refractivity contribution in [2.45, 2.75) is 91.1 Å². The first-order valence-corrected chi connectivity index (χ1v) is 28.0. The average Bonchev–Trinajstić information content (AvgIpc) is 4.08. The van der Waals surface area contributed by atoms with Gasteiger partial charge in [0.1, 0.15) is 4.90 Å². The van der Waals surface area contributed by atoms with E-state index in [2.05, 4.69) is 57.8 Å². The third-order valence-electron chi connectivity index (χ3n) is 14.1. The number of nitrogens with one attached hydrogen (secondary N) is 2. The summed E-state index contributed by atoms with van der Waals surface area (Å²) in [5, 5.41) is 3.78. The highest BCUT2D eigenvalue weighted by molar-refractivity contribution is 7.99. The van der Waals surface area contributed by atoms with Gasteiger partial charge in [-0.1, -0.05) is 47.5 Å². The number of halogens is 4. The van der Waals surface area contributed by atoms with Gasteiger partial charge in [-0.05, 0) is 143 Å². The number of amides is 1. The Kier molecular flexibility index (Phi) is 15.6. The molecule has 18 heteroatoms. The number of thioether (sulfide) groups is 1. The van der Waals surface area contributed by atoms with Gasteiger partial charge in [0.2, 0.25) is 0 Å². The summed E-state index contributed by atoms with van der Waals surface area (Å²) in [6.45, 7) is 14.5. The first kappa shape index (κ1) is 51.3. The van der Waals surface area contributed by atoms with Crippen molar-refractivity contribution in [1.82, 2.24) is 19.4 Å². The summed E-state index contributed by atoms with van der Waals surface area (Å²) in [4.78, 5) is 21.7. The van der Waals surface area contributed by atoms with Crippen molar-refractivity contribution in [2.75, 3.05) is 81.4 Å². The molecule has 2 aliphatic heterocycles. The van der Waals surface area contributed by atoms with E-state index < -0.39 is 47.1 Å². The van der Waals surface area contributed by atoms with E-state index in [1.54, 1.807) is 12.1 Å². The van der Waals surface area contributed by atoms with Crippen molar-refractivity contribution < 1.29 is 34.8 Å². The van der Waals surface area contributed by atoms with Gasteiger partial charge < -0.3 is 15.1 Å². The van der Waals surface area contributed by atoms with Crippen LogP contribution in [0.5, 0.6) is 0 Å². The number of piperazine rings is 2. The maximum Gasteiger partial charge on any atom is 0.501 e. The molecule has 2 saturated heterocycles. The summed E-state index contributed by atoms with van der Waals surface area (Å²) in [7, 11) is -10.9. The van der Waals surface area contributed by atoms with Crippen LogP contribution in [0.1, 0.15) is 75.2 Å². The Morgan fingerprint density at radius 3 is 2.07 bits per heavy atom. The van der Waals surface area contributed by atoms with E-state index in [0.717, 1.165) is 99.5 Å². The molecule has 1 spiro atoms. The van der Waals surface area contributed by atoms with Crippen molar-refractivity contribution in [3.63, 3.8) is 0 Å². The van der Waals surface area contributed by atoms with Gasteiger partial charge in [0, 0.05) is 104 Å². The third kappa shape index (κ3) is 12.7. The molecule has 1 amide bonds. The molecular formula is C51H62ClF3N6O5S3. The van der Waals surface area contributed by atoms with Crippen LogP contribution in [0, 0.1) is 5.41 Å². The second-order valence-corrected chi connectivity index (χ2v) is 25.0. The summed E-state index contributed by atoms with van der Waals surface area (Å²) >= 11 is 7.68. The quantitative estimate of drug-likeness (QED) is 0.104. The number of carbonyl (C=O) groups excluding carboxylic acids is 1. The van der Waals surface area contributed by atoms with E-state index in [-0.39, 0.29) is 16.8 Å². The highest BCUT2D eigenvalue weighted by Crippen LogP contribution is 2.58. The topological polar surface area (TPSA) is 122 Å². The van der Waals surface area contributed by atoms with Crippen LogP contribution in [0.25, 0.3) is 5.57 Å². The first-order chi connectivity index (χ1) is 32.7. The summed E-state index contributed by atoms with van der Waals surface area (Å²) in [5.41, 5.74) is -0.569. The van der Waals surface area contributed by atoms with Crippen LogP contribution < -0.4 is 14.9 Å². The normalized spacial score (nSPS) is 19.1. The number of allylic oxidation sites excluding steroid dienone is 1. The van der Waals surface area contributed by atoms with Crippen LogP contribution in [-0.2, 0) is 19.9 Å². The lowest BCUT2D eigenvalue weighted by Gasteiger charge is -2.42. The van der Waals surface area contributed by atoms with E-state index in [0.29, 0.717) is 30.2 Å². The summed E-state index contributed by atoms with van der Waals surface area (Å²) < 4.78 is 98.5. The molecule has 1 atom stereocenters. The van der Waals surface area contributed by atoms with Crippen LogP contribution in [0.4, 0.5) is 24.5 Å². The number of hydrogen-bond acceptors (Lipinski definition) is 11. The predicted octanol–water partition coefficient (Wildman–Crippen LogP) is 9.67. The molecule has 2 aliphatic carbocycles. The largest absolute Gasteiger partial charge is 0.501 e. The monoisotopic (exact) mass is 1030 g/mol. The number of nitrogens with zero attached hydrogens (tertiary/aromatic N) is 4. The zero-order chi connectivity index (χ0) is 49.2. The van der Waals surface area contributed by atoms with Gasteiger partial charge in [-0.15, -0.1) is 11.8 Å². The minimum atomic E-state index is -6.06. The molecule has 372 valence electrons. The van der Waals surface area contributed by atoms with E-state index in [9.17, 15) is 34.8 Å². The maximum absolute atomic E-state index is 14.3. The van der Waals surface area contributed by atoms with Crippen LogP contribution in [0.2, 0.25) is 5.02 Å². The Bertz CT molecular complexity index is 2700. The van der Waals surface area contributed by atoms with Crippen LogP contribution >= 0.6 is 23.4 Å². The maximum atomic E-state index is 14.3. The molecule has 4 aromatic carbocycles. The van der Waals surface area contributed by atoms with Crippen molar-refractivity contribution >= 4 is 66.1 Å². The molecule has 0 radical (unpaired) electrons. The lowest BCUT2D eigenvalue weighted by molar-refractivity contribution is -0.0435. The van der Waals surface area contributed by atoms with Gasteiger partial charge in [0.15, 0.2) is 0 Å². The number of sulfone groups is 1. The van der Waals surface area contributed by atoms with Gasteiger partial charge in [-0.2, -0.15) is 13.2 Å². The Labute approximate surface area is 414 Å². The molecule has 2 N–H and O–H groups in total. The highest BCUT2D eigenvalue weighted by atomic mass is 35.5. The number of hydrogen-bond donors (Lipinski definition) is 2. The number of alkyl halides is 3. The van der Waals surface area contributed by atoms with Gasteiger partial charge >= 0.3 is 5.51 Å². The van der Waals surface area contributed by atoms with Crippen molar-refractivity contribution in [2.24, 2.45) is 5.41 Å². The van der Waals surface area contributed by atoms with Gasteiger partial charge in [-0.25, -0.2) is 21.6 Å². The molecule has 3 fully saturated rings. The lowest BCUT2D eigenvalue weighted by Crippen LogP contribution is -2.53. The minimum absolute atomic E-state index is 0.00827. The predicted molar refractivity (Wildman–Crippen MR) is 270 cm³/mol. The molecule has 1 unspecified atom stereocenters. The number of sulfonamides is 1. The van der Waals surface area contributed by atoms with Gasteiger partial charge in [-0.3, -0.25) is 14.6 Å². The van der Waals surface area contributed by atoms with Gasteiger partial charge in [0.05, 0.1) is 10.6 Å². The molecule has 69 heavy (non-hydrogen) atoms. The van der Waals surface area contributed by atoms with Crippen molar-refractivity contribution in [3.05, 3.63) is 119 Å². The number of carbonyl (C=O) groups is 1. The minimum Gasteiger partial charge on any atom is -0.380 e. The van der Waals surface area contributed by atoms with E-state index in [1.165, 1.54) is 59.9 Å². The molecule has 11 nitrogen and oxygen atoms in total. The SMILES string of the molecule is CC(C)(C)N1CCN(CCC(CSc2ccccc2)Nc2ccc(S(=O)(=O)NC(=O)c3ccc(N4CCN(CC5=C(c6ccc(Cl)cc6)CCC6(CC6)C5)CC4)cc3)cc2S(=O)(=O)C(F)(F)F)CC1. The molecule has 2 heterocycles. The zero-order valence-electron chi connectivity index (χ0n) is 39.4. The molecule has 0 aromatic heterocycles. The fourth-order valence-corrected chi connectivity index (χ4v) is 12.9. The second-order valence-electron chi connectivity index (χ2n) is 19.9. The van der Waals surface area contributed by atoms with E-state index in [1.807, 2.05) is 47.2 Å². The summed E-state index contributed by atoms with van der Waals surface area (Å²) in [6, 6.07) is 26.1. The van der Waals surface area contributed by atoms with E-state index in [4.69, 9.17) is 11.6 Å². The molecule has 0 bridgehead atoms. The Morgan fingerprint density at radius 2 is 1.45 bits per heavy atom. The summed E-state index contributed by atoms with van der Waals surface area (Å²) in [5.74, 6) is -0.630. The van der Waals surface area contributed by atoms with E-state index >= 15 is 0 Å². The van der Waals surface area contributed by atoms with Crippen molar-refractivity contribution in [1.29, 1.82) is 0 Å². The standard InChI is InChI=1S/C51H62ClF3N6O5S3/c1-49(2,3)61-31-27-58(28-32-61)24-20-41(36-67-43-7-5-4-6-8-43)56-46-18-17-44(33-47(46)68(63,64)51(53,54)55)69(65,66)57-48(62)38-11-15-42(16-12-38)60-29-25-59(26-30-60)35-39-34-50(22-23-50)21-19-45(39)37-9-13-40(52)14-10-37/h4-18,33,41,56H,19-32,34-36H2,1-3H3,(H,57,62). The average molecular weight is 1030 g/mol. The van der Waals surface area contributed by atoms with Crippen LogP contribution in [0.15, 0.2) is 117 Å². The molecule has 1 saturated carbocycles. The van der Waals surface area contributed by atoms with Crippen LogP contribution in [0.3, 0.4) is 0 Å². The van der Waals surface area contributed by atoms with Gasteiger partial charge in [0.25, 0.3) is 25.8 Å². The number of rotatable bonds is 16. The van der Waals surface area contributed by atoms with Crippen LogP contribution in [-0.4, -0.2) is 126 Å². The Hall–Kier alpha value is -4.10. The lowest BCUT2D eigenvalue weighted by atomic mass is 9.79. The Balaban J connectivity index is 0.925. The molecular weight excluding hydrogens is 965 g/mol. The molecule has 8 rings (SSSR count). The first-order valence-electron chi connectivity index (χ1n) is 23.7. The summed E-state index contributed by atoms with van der Waals surface area (Å²) in [6.07, 6.45) is 6.50. The fraction of sp³-hybridized carbons (Fsp3) is 0.471. The zero-order valence-corrected chi connectivity index (χ0v) is 42.6. The highest BCUT2D eigenvalue weighted by Gasteiger charge is 2.49. The fourth-order valence-electron chi connectivity index (χ4n) is 9.71. The second kappa shape index (κ2) is 20.9.